The van der Waals surface area contributed by atoms with Gasteiger partial charge in [-0.05, 0) is 6.26 Å². The van der Waals surface area contributed by atoms with E-state index in [0.29, 0.717) is 0 Å². The minimum atomic E-state index is -3.35. The highest BCUT2D eigenvalue weighted by molar-refractivity contribution is 7.98. The minimum Gasteiger partial charge on any atom is -0.289 e. The molecule has 0 aliphatic carbocycles. The molecule has 0 atom stereocenters. The number of hydrogen-bond donors (Lipinski definition) is 2. The number of carbonyl (C=O) groups is 1. The molecule has 0 fully saturated rings. The van der Waals surface area contributed by atoms with Crippen molar-refractivity contribution in [2.75, 3.05) is 12.0 Å². The predicted molar refractivity (Wildman–Crippen MR) is 35.7 cm³/mol. The van der Waals surface area contributed by atoms with Gasteiger partial charge in [0.1, 0.15) is 0 Å². The molecule has 0 radical (unpaired) electrons. The van der Waals surface area contributed by atoms with Gasteiger partial charge in [-0.2, -0.15) is 20.5 Å². The number of nitrogens with two attached hydrogens (primary N) is 1. The monoisotopic (exact) mass is 170 g/mol. The van der Waals surface area contributed by atoms with E-state index < -0.39 is 17.6 Å². The van der Waals surface area contributed by atoms with Gasteiger partial charge in [-0.3, -0.25) is 10.2 Å². The van der Waals surface area contributed by atoms with E-state index in [9.17, 15) is 13.6 Å². The zero-order valence-corrected chi connectivity index (χ0v) is 6.17. The Hall–Kier alpha value is -0.360. The molecule has 0 aromatic carbocycles. The van der Waals surface area contributed by atoms with Crippen LogP contribution in [0.15, 0.2) is 0 Å². The summed E-state index contributed by atoms with van der Waals surface area (Å²) in [7, 11) is 0. The first-order valence-corrected chi connectivity index (χ1v) is 3.82. The van der Waals surface area contributed by atoms with Crippen LogP contribution in [0.3, 0.4) is 0 Å². The molecular weight excluding hydrogens is 162 g/mol. The maximum Gasteiger partial charge on any atom is 0.334 e. The second-order valence-corrected chi connectivity index (χ2v) is 2.48. The highest BCUT2D eigenvalue weighted by atomic mass is 32.2. The second kappa shape index (κ2) is 3.72. The van der Waals surface area contributed by atoms with Gasteiger partial charge in [-0.1, -0.05) is 0 Å². The second-order valence-electron chi connectivity index (χ2n) is 1.61. The van der Waals surface area contributed by atoms with Gasteiger partial charge >= 0.3 is 11.8 Å². The van der Waals surface area contributed by atoms with E-state index in [1.807, 2.05) is 0 Å². The zero-order valence-electron chi connectivity index (χ0n) is 5.36. The van der Waals surface area contributed by atoms with Crippen molar-refractivity contribution in [1.29, 1.82) is 0 Å². The molecule has 0 bridgehead atoms. The third-order valence-electron chi connectivity index (χ3n) is 0.789. The molecule has 3 nitrogen and oxygen atoms in total. The SMILES string of the molecule is CSCC(F)(F)C(=O)NN. The molecule has 0 unspecified atom stereocenters. The number of hydrogen-bond acceptors (Lipinski definition) is 3. The van der Waals surface area contributed by atoms with Crippen LogP contribution in [0.25, 0.3) is 0 Å². The standard InChI is InChI=1S/C4H8F2N2OS/c1-10-2-4(5,6)3(9)8-7/h2,7H2,1H3,(H,8,9). The van der Waals surface area contributed by atoms with E-state index in [4.69, 9.17) is 0 Å². The quantitative estimate of drug-likeness (QED) is 0.355. The summed E-state index contributed by atoms with van der Waals surface area (Å²) in [5.41, 5.74) is 1.39. The normalized spacial score (nSPS) is 11.2. The smallest absolute Gasteiger partial charge is 0.289 e. The van der Waals surface area contributed by atoms with Gasteiger partial charge in [-0.25, -0.2) is 5.84 Å². The lowest BCUT2D eigenvalue weighted by molar-refractivity contribution is -0.142. The van der Waals surface area contributed by atoms with Crippen LogP contribution in [-0.4, -0.2) is 23.8 Å². The number of nitrogens with one attached hydrogen (secondary N) is 1. The summed E-state index contributed by atoms with van der Waals surface area (Å²) in [6, 6.07) is 0. The van der Waals surface area contributed by atoms with Crippen LogP contribution in [0.2, 0.25) is 0 Å². The summed E-state index contributed by atoms with van der Waals surface area (Å²) in [5.74, 6) is -0.842. The summed E-state index contributed by atoms with van der Waals surface area (Å²) in [6.45, 7) is 0. The summed E-state index contributed by atoms with van der Waals surface area (Å²) in [4.78, 5) is 10.2. The Bertz CT molecular complexity index is 130. The summed E-state index contributed by atoms with van der Waals surface area (Å²) in [6.07, 6.45) is 1.48. The Morgan fingerprint density at radius 1 is 1.80 bits per heavy atom. The van der Waals surface area contributed by atoms with Gasteiger partial charge in [0, 0.05) is 0 Å². The Morgan fingerprint density at radius 2 is 2.30 bits per heavy atom. The first kappa shape index (κ1) is 9.64. The summed E-state index contributed by atoms with van der Waals surface area (Å²) in [5, 5.41) is 0. The van der Waals surface area contributed by atoms with E-state index in [2.05, 4.69) is 5.84 Å². The fourth-order valence-electron chi connectivity index (χ4n) is 0.352. The van der Waals surface area contributed by atoms with Crippen LogP contribution in [0.1, 0.15) is 0 Å². The molecule has 1 amide bonds. The average Bonchev–Trinajstić information content (AvgIpc) is 1.86. The predicted octanol–water partition coefficient (Wildman–Crippen LogP) is -0.0254. The van der Waals surface area contributed by atoms with Crippen molar-refractivity contribution >= 4 is 17.7 Å². The lowest BCUT2D eigenvalue weighted by Crippen LogP contribution is -2.45. The van der Waals surface area contributed by atoms with Crippen molar-refractivity contribution in [2.45, 2.75) is 5.92 Å². The van der Waals surface area contributed by atoms with Crippen LogP contribution in [0.5, 0.6) is 0 Å². The number of amides is 1. The number of alkyl halides is 2. The zero-order chi connectivity index (χ0) is 8.20. The van der Waals surface area contributed by atoms with Crippen LogP contribution >= 0.6 is 11.8 Å². The van der Waals surface area contributed by atoms with Gasteiger partial charge in [0.25, 0.3) is 0 Å². The van der Waals surface area contributed by atoms with Crippen molar-refractivity contribution in [1.82, 2.24) is 5.43 Å². The van der Waals surface area contributed by atoms with E-state index in [-0.39, 0.29) is 0 Å². The average molecular weight is 170 g/mol. The lowest BCUT2D eigenvalue weighted by atomic mass is 10.4. The molecule has 0 aromatic heterocycles. The molecule has 0 aromatic rings. The maximum absolute atomic E-state index is 12.3. The molecule has 3 N–H and O–H groups in total. The molecule has 0 aliphatic heterocycles. The molecule has 0 aliphatic rings. The van der Waals surface area contributed by atoms with Crippen molar-refractivity contribution in [3.05, 3.63) is 0 Å². The maximum atomic E-state index is 12.3. The number of halogens is 2. The first-order valence-electron chi connectivity index (χ1n) is 2.42. The number of carbonyl (C=O) groups excluding carboxylic acids is 1. The molecule has 6 heteroatoms. The third kappa shape index (κ3) is 2.49. The fourth-order valence-corrected chi connectivity index (χ4v) is 0.846. The first-order chi connectivity index (χ1) is 4.54. The molecule has 0 saturated heterocycles. The Kier molecular flexibility index (Phi) is 3.59. The van der Waals surface area contributed by atoms with Crippen LogP contribution in [0, 0.1) is 0 Å². The van der Waals surface area contributed by atoms with Crippen molar-refractivity contribution < 1.29 is 13.6 Å². The van der Waals surface area contributed by atoms with Crippen molar-refractivity contribution in [3.63, 3.8) is 0 Å². The highest BCUT2D eigenvalue weighted by Crippen LogP contribution is 2.17. The van der Waals surface area contributed by atoms with E-state index in [1.54, 1.807) is 0 Å². The highest BCUT2D eigenvalue weighted by Gasteiger charge is 2.37. The van der Waals surface area contributed by atoms with Crippen LogP contribution in [0.4, 0.5) is 8.78 Å². The molecule has 0 rings (SSSR count). The number of rotatable bonds is 3. The topological polar surface area (TPSA) is 55.1 Å². The van der Waals surface area contributed by atoms with Gasteiger partial charge in [0.15, 0.2) is 0 Å². The van der Waals surface area contributed by atoms with Crippen LogP contribution in [-0.2, 0) is 4.79 Å². The van der Waals surface area contributed by atoms with Crippen molar-refractivity contribution in [3.8, 4) is 0 Å². The molecule has 0 saturated carbocycles. The Balaban J connectivity index is 3.96. The Morgan fingerprint density at radius 3 is 2.60 bits per heavy atom. The van der Waals surface area contributed by atoms with Gasteiger partial charge in [0.2, 0.25) is 0 Å². The van der Waals surface area contributed by atoms with E-state index >= 15 is 0 Å². The molecule has 0 spiro atoms. The molecular formula is C4H8F2N2OS. The van der Waals surface area contributed by atoms with Crippen molar-refractivity contribution in [2.24, 2.45) is 5.84 Å². The molecule has 60 valence electrons. The molecule has 0 heterocycles. The van der Waals surface area contributed by atoms with E-state index in [0.717, 1.165) is 11.8 Å². The van der Waals surface area contributed by atoms with E-state index in [1.165, 1.54) is 11.7 Å². The van der Waals surface area contributed by atoms with Crippen LogP contribution < -0.4 is 11.3 Å². The number of thioether (sulfide) groups is 1. The largest absolute Gasteiger partial charge is 0.334 e. The molecule has 10 heavy (non-hydrogen) atoms. The number of hydrazine groups is 1. The minimum absolute atomic E-state index is 0.546. The summed E-state index contributed by atoms with van der Waals surface area (Å²) < 4.78 is 24.6. The van der Waals surface area contributed by atoms with Gasteiger partial charge in [0.05, 0.1) is 5.75 Å². The summed E-state index contributed by atoms with van der Waals surface area (Å²) >= 11 is 0.886. The third-order valence-corrected chi connectivity index (χ3v) is 1.44. The van der Waals surface area contributed by atoms with Gasteiger partial charge in [-0.15, -0.1) is 0 Å². The van der Waals surface area contributed by atoms with Gasteiger partial charge < -0.3 is 0 Å². The lowest BCUT2D eigenvalue weighted by Gasteiger charge is -2.11. The Labute approximate surface area is 61.3 Å². The fraction of sp³-hybridized carbons (Fsp3) is 0.750.